The van der Waals surface area contributed by atoms with Gasteiger partial charge in [-0.3, -0.25) is 5.41 Å². The number of nitrogens with zero attached hydrogens (tertiary/aromatic N) is 1. The zero-order valence-corrected chi connectivity index (χ0v) is 10.2. The first-order chi connectivity index (χ1) is 8.10. The van der Waals surface area contributed by atoms with E-state index in [1.54, 1.807) is 12.1 Å². The van der Waals surface area contributed by atoms with Crippen molar-refractivity contribution in [3.05, 3.63) is 22.7 Å². The molecule has 0 aliphatic carbocycles. The molecular formula is C10H13ClN4O2. The zero-order chi connectivity index (χ0) is 12.8. The van der Waals surface area contributed by atoms with Crippen molar-refractivity contribution < 1.29 is 9.47 Å². The molecule has 0 atom stereocenters. The van der Waals surface area contributed by atoms with Gasteiger partial charge in [-0.1, -0.05) is 11.6 Å². The zero-order valence-electron chi connectivity index (χ0n) is 9.45. The minimum Gasteiger partial charge on any atom is -0.493 e. The summed E-state index contributed by atoms with van der Waals surface area (Å²) >= 11 is 6.10. The van der Waals surface area contributed by atoms with Gasteiger partial charge in [-0.05, 0) is 12.1 Å². The summed E-state index contributed by atoms with van der Waals surface area (Å²) < 4.78 is 10.2. The number of hydrogen-bond acceptors (Lipinski definition) is 4. The molecule has 0 unspecified atom stereocenters. The molecule has 4 N–H and O–H groups in total. The van der Waals surface area contributed by atoms with Crippen LogP contribution in [0.5, 0.6) is 11.5 Å². The molecule has 0 aromatic heterocycles. The maximum Gasteiger partial charge on any atom is 0.206 e. The molecule has 1 aromatic rings. The number of nitrogens with two attached hydrogens (primary N) is 1. The van der Waals surface area contributed by atoms with Gasteiger partial charge in [-0.2, -0.15) is 5.10 Å². The van der Waals surface area contributed by atoms with Crippen molar-refractivity contribution in [3.63, 3.8) is 0 Å². The molecule has 1 rings (SSSR count). The summed E-state index contributed by atoms with van der Waals surface area (Å²) in [6, 6.07) is 3.43. The normalized spacial score (nSPS) is 10.3. The van der Waals surface area contributed by atoms with Crippen molar-refractivity contribution in [3.8, 4) is 11.5 Å². The summed E-state index contributed by atoms with van der Waals surface area (Å²) in [4.78, 5) is 0. The van der Waals surface area contributed by atoms with E-state index in [0.717, 1.165) is 0 Å². The lowest BCUT2D eigenvalue weighted by Crippen LogP contribution is -2.25. The van der Waals surface area contributed by atoms with E-state index in [4.69, 9.17) is 32.2 Å². The number of ether oxygens (including phenoxy) is 2. The second kappa shape index (κ2) is 5.95. The van der Waals surface area contributed by atoms with Crippen molar-refractivity contribution in [2.75, 3.05) is 14.2 Å². The molecule has 0 aliphatic heterocycles. The second-order valence-corrected chi connectivity index (χ2v) is 3.37. The van der Waals surface area contributed by atoms with Gasteiger partial charge in [0.2, 0.25) is 5.96 Å². The predicted molar refractivity (Wildman–Crippen MR) is 67.2 cm³/mol. The fraction of sp³-hybridized carbons (Fsp3) is 0.200. The quantitative estimate of drug-likeness (QED) is 0.428. The Morgan fingerprint density at radius 2 is 2.18 bits per heavy atom. The molecule has 0 bridgehead atoms. The first kappa shape index (κ1) is 13.1. The number of hydrazone groups is 1. The molecule has 0 saturated carbocycles. The Morgan fingerprint density at radius 1 is 1.47 bits per heavy atom. The largest absolute Gasteiger partial charge is 0.493 e. The smallest absolute Gasteiger partial charge is 0.206 e. The van der Waals surface area contributed by atoms with Gasteiger partial charge < -0.3 is 15.2 Å². The average molecular weight is 257 g/mol. The lowest BCUT2D eigenvalue weighted by Gasteiger charge is -2.10. The first-order valence-corrected chi connectivity index (χ1v) is 5.01. The minimum atomic E-state index is -0.252. The lowest BCUT2D eigenvalue weighted by atomic mass is 10.2. The van der Waals surface area contributed by atoms with E-state index in [1.165, 1.54) is 20.4 Å². The van der Waals surface area contributed by atoms with E-state index in [1.807, 2.05) is 0 Å². The number of halogens is 1. The van der Waals surface area contributed by atoms with Crippen LogP contribution in [0.25, 0.3) is 0 Å². The van der Waals surface area contributed by atoms with Crippen molar-refractivity contribution in [1.29, 1.82) is 5.41 Å². The topological polar surface area (TPSA) is 92.7 Å². The summed E-state index contributed by atoms with van der Waals surface area (Å²) in [7, 11) is 3.03. The van der Waals surface area contributed by atoms with Crippen LogP contribution in [0.3, 0.4) is 0 Å². The Balaban J connectivity index is 3.02. The molecule has 17 heavy (non-hydrogen) atoms. The highest BCUT2D eigenvalue weighted by atomic mass is 35.5. The average Bonchev–Trinajstić information content (AvgIpc) is 2.30. The lowest BCUT2D eigenvalue weighted by molar-refractivity contribution is 0.355. The SMILES string of the molecule is COc1ccc(C=NNC(=N)N)c(Cl)c1OC. The Kier molecular flexibility index (Phi) is 4.59. The van der Waals surface area contributed by atoms with Crippen molar-refractivity contribution in [2.24, 2.45) is 10.8 Å². The van der Waals surface area contributed by atoms with E-state index < -0.39 is 0 Å². The number of nitrogens with one attached hydrogen (secondary N) is 2. The third kappa shape index (κ3) is 3.25. The van der Waals surface area contributed by atoms with Crippen molar-refractivity contribution in [2.45, 2.75) is 0 Å². The van der Waals surface area contributed by atoms with Crippen LogP contribution in [0.2, 0.25) is 5.02 Å². The fourth-order valence-corrected chi connectivity index (χ4v) is 1.46. The van der Waals surface area contributed by atoms with Crippen LogP contribution in [0.15, 0.2) is 17.2 Å². The van der Waals surface area contributed by atoms with Crippen LogP contribution in [0, 0.1) is 5.41 Å². The third-order valence-corrected chi connectivity index (χ3v) is 2.29. The first-order valence-electron chi connectivity index (χ1n) is 4.63. The van der Waals surface area contributed by atoms with Crippen LogP contribution in [0.4, 0.5) is 0 Å². The summed E-state index contributed by atoms with van der Waals surface area (Å²) in [5, 5.41) is 11.0. The molecule has 0 heterocycles. The van der Waals surface area contributed by atoms with E-state index in [0.29, 0.717) is 22.1 Å². The van der Waals surface area contributed by atoms with Gasteiger partial charge in [0.15, 0.2) is 11.5 Å². The summed E-state index contributed by atoms with van der Waals surface area (Å²) in [5.74, 6) is 0.716. The molecule has 7 heteroatoms. The molecule has 0 radical (unpaired) electrons. The molecule has 6 nitrogen and oxygen atoms in total. The van der Waals surface area contributed by atoms with E-state index in [2.05, 4.69) is 10.5 Å². The van der Waals surface area contributed by atoms with Gasteiger partial charge in [0.25, 0.3) is 0 Å². The van der Waals surface area contributed by atoms with Gasteiger partial charge in [-0.25, -0.2) is 5.43 Å². The predicted octanol–water partition coefficient (Wildman–Crippen LogP) is 1.17. The number of methoxy groups -OCH3 is 2. The molecule has 1 aromatic carbocycles. The van der Waals surface area contributed by atoms with E-state index in [-0.39, 0.29) is 5.96 Å². The third-order valence-electron chi connectivity index (χ3n) is 1.90. The molecule has 92 valence electrons. The second-order valence-electron chi connectivity index (χ2n) is 2.99. The minimum absolute atomic E-state index is 0.252. The van der Waals surface area contributed by atoms with E-state index in [9.17, 15) is 0 Å². The number of rotatable bonds is 4. The Morgan fingerprint density at radius 3 is 2.71 bits per heavy atom. The molecule has 0 aliphatic rings. The Labute approximate surface area is 104 Å². The van der Waals surface area contributed by atoms with Crippen LogP contribution in [-0.4, -0.2) is 26.4 Å². The van der Waals surface area contributed by atoms with Gasteiger partial charge in [0.05, 0.1) is 25.5 Å². The standard InChI is InChI=1S/C10H13ClN4O2/c1-16-7-4-3-6(5-14-15-10(12)13)8(11)9(7)17-2/h3-5H,1-2H3,(H4,12,13,15). The number of guanidine groups is 1. The fourth-order valence-electron chi connectivity index (χ4n) is 1.18. The monoisotopic (exact) mass is 256 g/mol. The van der Waals surface area contributed by atoms with Gasteiger partial charge in [-0.15, -0.1) is 0 Å². The molecule has 0 amide bonds. The van der Waals surface area contributed by atoms with Crippen LogP contribution < -0.4 is 20.6 Å². The highest BCUT2D eigenvalue weighted by Crippen LogP contribution is 2.36. The summed E-state index contributed by atoms with van der Waals surface area (Å²) in [6.45, 7) is 0. The van der Waals surface area contributed by atoms with Gasteiger partial charge in [0.1, 0.15) is 0 Å². The number of benzene rings is 1. The summed E-state index contributed by atoms with van der Waals surface area (Å²) in [6.07, 6.45) is 1.44. The van der Waals surface area contributed by atoms with Crippen LogP contribution >= 0.6 is 11.6 Å². The van der Waals surface area contributed by atoms with Gasteiger partial charge >= 0.3 is 0 Å². The number of hydrogen-bond donors (Lipinski definition) is 3. The highest BCUT2D eigenvalue weighted by Gasteiger charge is 2.11. The van der Waals surface area contributed by atoms with Crippen molar-refractivity contribution >= 4 is 23.8 Å². The Bertz CT molecular complexity index is 448. The molecule has 0 spiro atoms. The molecule has 0 fully saturated rings. The maximum atomic E-state index is 6.93. The Hall–Kier alpha value is -1.95. The van der Waals surface area contributed by atoms with Gasteiger partial charge in [0, 0.05) is 5.56 Å². The van der Waals surface area contributed by atoms with Crippen molar-refractivity contribution in [1.82, 2.24) is 5.43 Å². The molecule has 0 saturated heterocycles. The molecular weight excluding hydrogens is 244 g/mol. The highest BCUT2D eigenvalue weighted by molar-refractivity contribution is 6.34. The maximum absolute atomic E-state index is 6.93. The van der Waals surface area contributed by atoms with Crippen LogP contribution in [0.1, 0.15) is 5.56 Å². The summed E-state index contributed by atoms with van der Waals surface area (Å²) in [5.41, 5.74) is 7.99. The van der Waals surface area contributed by atoms with E-state index >= 15 is 0 Å². The van der Waals surface area contributed by atoms with Crippen LogP contribution in [-0.2, 0) is 0 Å².